The van der Waals surface area contributed by atoms with Gasteiger partial charge in [-0.05, 0) is 0 Å². The Labute approximate surface area is 88.9 Å². The lowest BCUT2D eigenvalue weighted by atomic mass is 10.5. The van der Waals surface area contributed by atoms with Crippen molar-refractivity contribution in [2.24, 2.45) is 0 Å². The molecule has 0 radical (unpaired) electrons. The van der Waals surface area contributed by atoms with E-state index in [2.05, 4.69) is 11.3 Å². The van der Waals surface area contributed by atoms with E-state index in [9.17, 15) is 4.79 Å². The average molecular weight is 216 g/mol. The van der Waals surface area contributed by atoms with Crippen LogP contribution >= 0.6 is 0 Å². The molecule has 2 aliphatic rings. The molecule has 2 fully saturated rings. The fourth-order valence-corrected chi connectivity index (χ4v) is 0.777. The molecule has 0 aromatic rings. The molecule has 5 nitrogen and oxygen atoms in total. The van der Waals surface area contributed by atoms with E-state index in [4.69, 9.17) is 14.2 Å². The molecule has 0 saturated carbocycles. The van der Waals surface area contributed by atoms with Crippen LogP contribution in [0.3, 0.4) is 0 Å². The van der Waals surface area contributed by atoms with E-state index in [-0.39, 0.29) is 5.97 Å². The smallest absolute Gasteiger partial charge is 0.307 e. The fourth-order valence-electron chi connectivity index (χ4n) is 0.777. The zero-order valence-electron chi connectivity index (χ0n) is 8.81. The van der Waals surface area contributed by atoms with Gasteiger partial charge >= 0.3 is 5.97 Å². The molecule has 5 heteroatoms. The molecular weight excluding hydrogens is 200 g/mol. The second kappa shape index (κ2) is 6.55. The topological polar surface area (TPSA) is 60.6 Å². The molecule has 0 aliphatic carbocycles. The fraction of sp³-hybridized carbons (Fsp3) is 0.700. The molecule has 0 aromatic heterocycles. The number of hydrogen-bond donors (Lipinski definition) is 0. The number of rotatable bonds is 5. The van der Waals surface area contributed by atoms with Gasteiger partial charge in [-0.15, -0.1) is 0 Å². The summed E-state index contributed by atoms with van der Waals surface area (Å²) < 4.78 is 19.3. The summed E-state index contributed by atoms with van der Waals surface area (Å²) >= 11 is 0. The highest BCUT2D eigenvalue weighted by molar-refractivity contribution is 5.66. The molecule has 2 heterocycles. The number of hydrogen-bond acceptors (Lipinski definition) is 5. The molecule has 0 aromatic carbocycles. The van der Waals surface area contributed by atoms with Gasteiger partial charge in [0.05, 0.1) is 32.7 Å². The predicted octanol–water partition coefficient (Wildman–Crippen LogP) is 0.494. The largest absolute Gasteiger partial charge is 0.435 e. The Morgan fingerprint density at radius 3 is 2.07 bits per heavy atom. The minimum Gasteiger partial charge on any atom is -0.435 e. The van der Waals surface area contributed by atoms with Gasteiger partial charge in [-0.25, -0.2) is 0 Å². The summed E-state index contributed by atoms with van der Waals surface area (Å²) in [5, 5.41) is 0. The normalized spacial score (nSPS) is 25.9. The van der Waals surface area contributed by atoms with Crippen molar-refractivity contribution < 1.29 is 23.7 Å². The van der Waals surface area contributed by atoms with Crippen LogP contribution in [0.1, 0.15) is 6.92 Å². The molecule has 0 bridgehead atoms. The third-order valence-electron chi connectivity index (χ3n) is 1.66. The minimum absolute atomic E-state index is 0.329. The van der Waals surface area contributed by atoms with E-state index >= 15 is 0 Å². The first kappa shape index (κ1) is 12.2. The summed E-state index contributed by atoms with van der Waals surface area (Å²) in [4.78, 5) is 9.75. The van der Waals surface area contributed by atoms with Gasteiger partial charge in [-0.2, -0.15) is 0 Å². The molecule has 2 aliphatic heterocycles. The number of esters is 1. The Bertz CT molecular complexity index is 196. The number of carbonyl (C=O) groups is 1. The predicted molar refractivity (Wildman–Crippen MR) is 52.3 cm³/mol. The van der Waals surface area contributed by atoms with Crippen molar-refractivity contribution in [3.8, 4) is 0 Å². The van der Waals surface area contributed by atoms with Crippen molar-refractivity contribution in [3.63, 3.8) is 0 Å². The minimum atomic E-state index is -0.329. The molecular formula is C10H16O5. The summed E-state index contributed by atoms with van der Waals surface area (Å²) in [7, 11) is 0. The van der Waals surface area contributed by atoms with Crippen LogP contribution in [0.4, 0.5) is 0 Å². The second-order valence-corrected chi connectivity index (χ2v) is 3.22. The highest BCUT2D eigenvalue weighted by atomic mass is 16.6. The lowest BCUT2D eigenvalue weighted by Crippen LogP contribution is -2.06. The van der Waals surface area contributed by atoms with Gasteiger partial charge in [0.15, 0.2) is 0 Å². The Balaban J connectivity index is 0.000000167. The van der Waals surface area contributed by atoms with Crippen molar-refractivity contribution in [2.75, 3.05) is 26.4 Å². The van der Waals surface area contributed by atoms with E-state index in [1.165, 1.54) is 6.92 Å². The van der Waals surface area contributed by atoms with Crippen LogP contribution in [0.5, 0.6) is 0 Å². The molecule has 2 unspecified atom stereocenters. The van der Waals surface area contributed by atoms with Crippen molar-refractivity contribution in [1.82, 2.24) is 0 Å². The van der Waals surface area contributed by atoms with Crippen molar-refractivity contribution in [1.29, 1.82) is 0 Å². The maximum Gasteiger partial charge on any atom is 0.307 e. The quantitative estimate of drug-likeness (QED) is 0.380. The number of epoxide rings is 2. The maximum absolute atomic E-state index is 9.75. The number of ether oxygens (including phenoxy) is 4. The van der Waals surface area contributed by atoms with Crippen LogP contribution in [0.15, 0.2) is 12.8 Å². The maximum atomic E-state index is 9.75. The Hall–Kier alpha value is -0.910. The zero-order chi connectivity index (χ0) is 11.1. The lowest BCUT2D eigenvalue weighted by molar-refractivity contribution is -0.135. The van der Waals surface area contributed by atoms with Crippen LogP contribution in [-0.2, 0) is 23.7 Å². The SMILES string of the molecule is C(OCC1CO1)C1CO1.C=COC(C)=O. The van der Waals surface area contributed by atoms with Gasteiger partial charge in [0.1, 0.15) is 12.2 Å². The summed E-state index contributed by atoms with van der Waals surface area (Å²) in [6, 6.07) is 0. The molecule has 2 atom stereocenters. The lowest BCUT2D eigenvalue weighted by Gasteiger charge is -1.95. The summed E-state index contributed by atoms with van der Waals surface area (Å²) in [6.07, 6.45) is 1.88. The van der Waals surface area contributed by atoms with Crippen LogP contribution in [0.2, 0.25) is 0 Å². The third-order valence-corrected chi connectivity index (χ3v) is 1.66. The molecule has 0 N–H and O–H groups in total. The summed E-state index contributed by atoms with van der Waals surface area (Å²) in [5.74, 6) is -0.329. The van der Waals surface area contributed by atoms with E-state index in [0.29, 0.717) is 12.2 Å². The van der Waals surface area contributed by atoms with E-state index in [1.54, 1.807) is 0 Å². The summed E-state index contributed by atoms with van der Waals surface area (Å²) in [6.45, 7) is 7.74. The molecule has 0 spiro atoms. The Morgan fingerprint density at radius 2 is 1.87 bits per heavy atom. The van der Waals surface area contributed by atoms with Crippen molar-refractivity contribution in [3.05, 3.63) is 12.8 Å². The Morgan fingerprint density at radius 1 is 1.40 bits per heavy atom. The molecule has 2 rings (SSSR count). The standard InChI is InChI=1S/C6H10O3.C4H6O2/c1(5-3-8-5)7-2-6-4-9-6;1-3-6-4(2)5/h5-6H,1-4H2;3H,1H2,2H3. The van der Waals surface area contributed by atoms with Crippen molar-refractivity contribution in [2.45, 2.75) is 19.1 Å². The van der Waals surface area contributed by atoms with Gasteiger partial charge in [-0.1, -0.05) is 6.58 Å². The van der Waals surface area contributed by atoms with Crippen LogP contribution in [-0.4, -0.2) is 44.6 Å². The first-order chi connectivity index (χ1) is 7.22. The first-order valence-electron chi connectivity index (χ1n) is 4.81. The van der Waals surface area contributed by atoms with Gasteiger partial charge < -0.3 is 18.9 Å². The highest BCUT2D eigenvalue weighted by Gasteiger charge is 2.26. The van der Waals surface area contributed by atoms with Crippen LogP contribution in [0.25, 0.3) is 0 Å². The zero-order valence-corrected chi connectivity index (χ0v) is 8.81. The monoisotopic (exact) mass is 216 g/mol. The molecule has 2 saturated heterocycles. The highest BCUT2D eigenvalue weighted by Crippen LogP contribution is 2.12. The second-order valence-electron chi connectivity index (χ2n) is 3.22. The van der Waals surface area contributed by atoms with Crippen molar-refractivity contribution >= 4 is 5.97 Å². The van der Waals surface area contributed by atoms with E-state index in [0.717, 1.165) is 32.7 Å². The molecule has 15 heavy (non-hydrogen) atoms. The number of carbonyl (C=O) groups excluding carboxylic acids is 1. The van der Waals surface area contributed by atoms with Crippen LogP contribution < -0.4 is 0 Å². The average Bonchev–Trinajstić information content (AvgIpc) is 2.99. The Kier molecular flexibility index (Phi) is 5.31. The third kappa shape index (κ3) is 8.11. The molecule has 86 valence electrons. The van der Waals surface area contributed by atoms with Gasteiger partial charge in [0.2, 0.25) is 0 Å². The molecule has 0 amide bonds. The summed E-state index contributed by atoms with van der Waals surface area (Å²) in [5.41, 5.74) is 0. The van der Waals surface area contributed by atoms with E-state index in [1.807, 2.05) is 0 Å². The van der Waals surface area contributed by atoms with E-state index < -0.39 is 0 Å². The van der Waals surface area contributed by atoms with Gasteiger partial charge in [0, 0.05) is 6.92 Å². The van der Waals surface area contributed by atoms with Gasteiger partial charge in [-0.3, -0.25) is 4.79 Å². The first-order valence-corrected chi connectivity index (χ1v) is 4.81. The van der Waals surface area contributed by atoms with Crippen LogP contribution in [0, 0.1) is 0 Å². The van der Waals surface area contributed by atoms with Gasteiger partial charge in [0.25, 0.3) is 0 Å².